The molecule has 2 N–H and O–H groups in total. The van der Waals surface area contributed by atoms with Crippen LogP contribution in [0.4, 0.5) is 13.2 Å². The summed E-state index contributed by atoms with van der Waals surface area (Å²) in [5.41, 5.74) is 0. The second kappa shape index (κ2) is 5.91. The largest absolute Gasteiger partial charge is 0.402 e. The van der Waals surface area contributed by atoms with Crippen molar-refractivity contribution in [1.29, 1.82) is 0 Å². The third-order valence-corrected chi connectivity index (χ3v) is 5.51. The van der Waals surface area contributed by atoms with E-state index in [1.807, 2.05) is 0 Å². The van der Waals surface area contributed by atoms with Crippen LogP contribution in [-0.2, 0) is 16.6 Å². The van der Waals surface area contributed by atoms with Gasteiger partial charge in [0.25, 0.3) is 0 Å². The van der Waals surface area contributed by atoms with Crippen molar-refractivity contribution in [2.24, 2.45) is 0 Å². The molecule has 9 heteroatoms. The van der Waals surface area contributed by atoms with Crippen molar-refractivity contribution in [3.63, 3.8) is 0 Å². The van der Waals surface area contributed by atoms with Gasteiger partial charge in [-0.15, -0.1) is 11.3 Å². The molecule has 0 atom stereocenters. The van der Waals surface area contributed by atoms with E-state index in [2.05, 4.69) is 5.32 Å². The molecule has 0 fully saturated rings. The molecule has 0 aliphatic carbocycles. The number of rotatable bonds is 5. The Labute approximate surface area is 124 Å². The number of benzene rings is 1. The van der Waals surface area contributed by atoms with Crippen LogP contribution in [0.5, 0.6) is 0 Å². The zero-order valence-electron chi connectivity index (χ0n) is 11.0. The lowest BCUT2D eigenvalue weighted by atomic mass is 10.2. The van der Waals surface area contributed by atoms with Crippen LogP contribution in [0.2, 0.25) is 0 Å². The van der Waals surface area contributed by atoms with E-state index in [0.29, 0.717) is 10.3 Å². The molecule has 1 aromatic carbocycles. The van der Waals surface area contributed by atoms with E-state index in [4.69, 9.17) is 0 Å². The first-order valence-electron chi connectivity index (χ1n) is 5.96. The molecule has 1 heterocycles. The number of hydrogen-bond donors (Lipinski definition) is 2. The predicted octanol–water partition coefficient (Wildman–Crippen LogP) is 2.46. The van der Waals surface area contributed by atoms with Crippen molar-refractivity contribution in [3.8, 4) is 0 Å². The second-order valence-corrected chi connectivity index (χ2v) is 7.16. The maximum absolute atomic E-state index is 12.3. The molecule has 0 radical (unpaired) electrons. The fraction of sp³-hybridized carbons (Fsp3) is 0.333. The standard InChI is InChI=1S/C12H13F3N2O2S2/c1-16-6-10-11(8-4-2-3-5-9(8)20-10)21(18,19)17-7-12(13,14)15/h2-5,16-17H,6-7H2,1H3. The van der Waals surface area contributed by atoms with Crippen LogP contribution < -0.4 is 10.0 Å². The first-order chi connectivity index (χ1) is 9.74. The Balaban J connectivity index is 2.50. The van der Waals surface area contributed by atoms with Gasteiger partial charge in [-0.25, -0.2) is 13.1 Å². The molecule has 1 aromatic heterocycles. The summed E-state index contributed by atoms with van der Waals surface area (Å²) in [5.74, 6) is 0. The van der Waals surface area contributed by atoms with Crippen LogP contribution in [0.3, 0.4) is 0 Å². The minimum absolute atomic E-state index is 0.0818. The van der Waals surface area contributed by atoms with E-state index in [1.165, 1.54) is 11.3 Å². The molecule has 0 bridgehead atoms. The number of thiophene rings is 1. The molecule has 4 nitrogen and oxygen atoms in total. The molecule has 2 aromatic rings. The average Bonchev–Trinajstić information content (AvgIpc) is 2.75. The van der Waals surface area contributed by atoms with Gasteiger partial charge in [0.1, 0.15) is 11.4 Å². The number of nitrogens with one attached hydrogen (secondary N) is 2. The van der Waals surface area contributed by atoms with Gasteiger partial charge in [-0.2, -0.15) is 13.2 Å². The Morgan fingerprint density at radius 2 is 1.90 bits per heavy atom. The molecule has 0 saturated heterocycles. The number of hydrogen-bond acceptors (Lipinski definition) is 4. The topological polar surface area (TPSA) is 58.2 Å². The fourth-order valence-corrected chi connectivity index (χ4v) is 4.86. The summed E-state index contributed by atoms with van der Waals surface area (Å²) in [7, 11) is -2.59. The quantitative estimate of drug-likeness (QED) is 0.880. The maximum Gasteiger partial charge on any atom is 0.402 e. The number of sulfonamides is 1. The summed E-state index contributed by atoms with van der Waals surface area (Å²) in [5, 5.41) is 3.26. The zero-order chi connectivity index (χ0) is 15.7. The van der Waals surface area contributed by atoms with Gasteiger partial charge in [0.15, 0.2) is 0 Å². The normalized spacial score (nSPS) is 13.0. The summed E-state index contributed by atoms with van der Waals surface area (Å²) in [6.45, 7) is -1.32. The van der Waals surface area contributed by atoms with Gasteiger partial charge in [-0.1, -0.05) is 18.2 Å². The van der Waals surface area contributed by atoms with Crippen molar-refractivity contribution >= 4 is 31.4 Å². The highest BCUT2D eigenvalue weighted by atomic mass is 32.2. The molecule has 0 unspecified atom stereocenters. The van der Waals surface area contributed by atoms with Gasteiger partial charge < -0.3 is 5.32 Å². The van der Waals surface area contributed by atoms with Crippen LogP contribution in [0.15, 0.2) is 29.2 Å². The van der Waals surface area contributed by atoms with E-state index < -0.39 is 22.7 Å². The minimum Gasteiger partial charge on any atom is -0.315 e. The van der Waals surface area contributed by atoms with Crippen molar-refractivity contribution in [2.75, 3.05) is 13.6 Å². The van der Waals surface area contributed by atoms with Crippen molar-refractivity contribution in [3.05, 3.63) is 29.1 Å². The number of halogens is 3. The van der Waals surface area contributed by atoms with Crippen LogP contribution in [-0.4, -0.2) is 28.2 Å². The lowest BCUT2D eigenvalue weighted by Gasteiger charge is -2.10. The summed E-state index contributed by atoms with van der Waals surface area (Å²) in [6, 6.07) is 6.73. The summed E-state index contributed by atoms with van der Waals surface area (Å²) in [4.78, 5) is 0.398. The molecule has 2 rings (SSSR count). The smallest absolute Gasteiger partial charge is 0.315 e. The lowest BCUT2D eigenvalue weighted by molar-refractivity contribution is -0.121. The predicted molar refractivity (Wildman–Crippen MR) is 75.8 cm³/mol. The Hall–Kier alpha value is -1.16. The average molecular weight is 338 g/mol. The van der Waals surface area contributed by atoms with Gasteiger partial charge in [0.2, 0.25) is 10.0 Å². The van der Waals surface area contributed by atoms with E-state index in [9.17, 15) is 21.6 Å². The summed E-state index contributed by atoms with van der Waals surface area (Å²) in [6.07, 6.45) is -4.60. The molecule has 0 saturated carbocycles. The molecule has 0 spiro atoms. The Kier molecular flexibility index (Phi) is 4.57. The highest BCUT2D eigenvalue weighted by molar-refractivity contribution is 7.90. The van der Waals surface area contributed by atoms with Gasteiger partial charge in [-0.05, 0) is 13.1 Å². The Bertz CT molecular complexity index is 739. The van der Waals surface area contributed by atoms with Gasteiger partial charge in [0, 0.05) is 21.5 Å². The van der Waals surface area contributed by atoms with Gasteiger partial charge in [0.05, 0.1) is 0 Å². The zero-order valence-corrected chi connectivity index (χ0v) is 12.6. The third kappa shape index (κ3) is 3.73. The summed E-state index contributed by atoms with van der Waals surface area (Å²) < 4.78 is 63.5. The van der Waals surface area contributed by atoms with Gasteiger partial charge in [-0.3, -0.25) is 0 Å². The minimum atomic E-state index is -4.60. The molecule has 0 aliphatic rings. The lowest BCUT2D eigenvalue weighted by Crippen LogP contribution is -2.34. The number of fused-ring (bicyclic) bond motifs is 1. The first kappa shape index (κ1) is 16.2. The van der Waals surface area contributed by atoms with Gasteiger partial charge >= 0.3 is 6.18 Å². The van der Waals surface area contributed by atoms with Crippen LogP contribution in [0.25, 0.3) is 10.1 Å². The van der Waals surface area contributed by atoms with Crippen LogP contribution in [0, 0.1) is 0 Å². The SMILES string of the molecule is CNCc1sc2ccccc2c1S(=O)(=O)NCC(F)(F)F. The monoisotopic (exact) mass is 338 g/mol. The fourth-order valence-electron chi connectivity index (χ4n) is 1.89. The molecule has 0 aliphatic heterocycles. The van der Waals surface area contributed by atoms with Crippen molar-refractivity contribution in [2.45, 2.75) is 17.6 Å². The van der Waals surface area contributed by atoms with Crippen molar-refractivity contribution in [1.82, 2.24) is 10.0 Å². The highest BCUT2D eigenvalue weighted by Crippen LogP contribution is 2.34. The second-order valence-electron chi connectivity index (χ2n) is 4.32. The van der Waals surface area contributed by atoms with Crippen LogP contribution in [0.1, 0.15) is 4.88 Å². The molecule has 0 amide bonds. The molecular formula is C12H13F3N2O2S2. The Morgan fingerprint density at radius 3 is 2.52 bits per heavy atom. The van der Waals surface area contributed by atoms with Crippen molar-refractivity contribution < 1.29 is 21.6 Å². The van der Waals surface area contributed by atoms with E-state index in [-0.39, 0.29) is 11.4 Å². The van der Waals surface area contributed by atoms with E-state index in [0.717, 1.165) is 4.70 Å². The summed E-state index contributed by atoms with van der Waals surface area (Å²) >= 11 is 1.25. The first-order valence-corrected chi connectivity index (χ1v) is 8.26. The molecule has 116 valence electrons. The van der Waals surface area contributed by atoms with Crippen LogP contribution >= 0.6 is 11.3 Å². The Morgan fingerprint density at radius 1 is 1.24 bits per heavy atom. The number of alkyl halides is 3. The third-order valence-electron chi connectivity index (χ3n) is 2.69. The van der Waals surface area contributed by atoms with E-state index >= 15 is 0 Å². The van der Waals surface area contributed by atoms with E-state index in [1.54, 1.807) is 36.0 Å². The molecular weight excluding hydrogens is 325 g/mol. The molecule has 21 heavy (non-hydrogen) atoms. The highest BCUT2D eigenvalue weighted by Gasteiger charge is 2.32. The maximum atomic E-state index is 12.3.